The summed E-state index contributed by atoms with van der Waals surface area (Å²) in [5.41, 5.74) is 0. The molecular formula is C12H20N2O3S. The summed E-state index contributed by atoms with van der Waals surface area (Å²) in [5.74, 6) is 0.655. The van der Waals surface area contributed by atoms with E-state index in [2.05, 4.69) is 5.32 Å². The van der Waals surface area contributed by atoms with Gasteiger partial charge in [-0.05, 0) is 31.5 Å². The topological polar surface area (TPSA) is 62.6 Å². The van der Waals surface area contributed by atoms with Crippen molar-refractivity contribution in [3.63, 3.8) is 0 Å². The van der Waals surface area contributed by atoms with E-state index in [0.717, 1.165) is 19.4 Å². The Morgan fingerprint density at radius 1 is 1.39 bits per heavy atom. The molecule has 1 fully saturated rings. The molecule has 0 aromatic carbocycles. The SMILES string of the molecule is CCNCc1ccc(S(=O)(=O)N(CC)C2CC2)o1. The summed E-state index contributed by atoms with van der Waals surface area (Å²) >= 11 is 0. The van der Waals surface area contributed by atoms with Gasteiger partial charge in [-0.1, -0.05) is 13.8 Å². The molecule has 5 nitrogen and oxygen atoms in total. The molecule has 2 rings (SSSR count). The molecule has 1 heterocycles. The molecule has 0 saturated heterocycles. The highest BCUT2D eigenvalue weighted by atomic mass is 32.2. The summed E-state index contributed by atoms with van der Waals surface area (Å²) in [7, 11) is -3.45. The van der Waals surface area contributed by atoms with E-state index in [1.54, 1.807) is 12.1 Å². The number of sulfonamides is 1. The van der Waals surface area contributed by atoms with Gasteiger partial charge in [0.15, 0.2) is 0 Å². The maximum Gasteiger partial charge on any atom is 0.276 e. The van der Waals surface area contributed by atoms with Gasteiger partial charge in [-0.15, -0.1) is 0 Å². The Morgan fingerprint density at radius 3 is 2.67 bits per heavy atom. The van der Waals surface area contributed by atoms with Crippen LogP contribution >= 0.6 is 0 Å². The van der Waals surface area contributed by atoms with Crippen LogP contribution in [0.25, 0.3) is 0 Å². The predicted octanol–water partition coefficient (Wildman–Crippen LogP) is 1.56. The van der Waals surface area contributed by atoms with Gasteiger partial charge in [-0.3, -0.25) is 0 Å². The molecule has 0 unspecified atom stereocenters. The molecule has 1 aliphatic carbocycles. The van der Waals surface area contributed by atoms with Crippen molar-refractivity contribution in [3.05, 3.63) is 17.9 Å². The average molecular weight is 272 g/mol. The predicted molar refractivity (Wildman–Crippen MR) is 68.7 cm³/mol. The van der Waals surface area contributed by atoms with E-state index in [1.165, 1.54) is 4.31 Å². The van der Waals surface area contributed by atoms with Gasteiger partial charge >= 0.3 is 0 Å². The smallest absolute Gasteiger partial charge is 0.276 e. The van der Waals surface area contributed by atoms with Crippen LogP contribution in [-0.4, -0.2) is 31.9 Å². The van der Waals surface area contributed by atoms with Crippen LogP contribution in [0.3, 0.4) is 0 Å². The van der Waals surface area contributed by atoms with Crippen molar-refractivity contribution in [2.45, 2.75) is 44.4 Å². The fourth-order valence-corrected chi connectivity index (χ4v) is 3.57. The van der Waals surface area contributed by atoms with Gasteiger partial charge in [0.05, 0.1) is 6.54 Å². The molecule has 1 aromatic heterocycles. The van der Waals surface area contributed by atoms with E-state index < -0.39 is 10.0 Å². The fraction of sp³-hybridized carbons (Fsp3) is 0.667. The molecule has 1 aliphatic rings. The largest absolute Gasteiger partial charge is 0.447 e. The minimum atomic E-state index is -3.45. The average Bonchev–Trinajstić information content (AvgIpc) is 3.04. The highest BCUT2D eigenvalue weighted by molar-refractivity contribution is 7.89. The Bertz CT molecular complexity index is 491. The maximum absolute atomic E-state index is 12.3. The molecule has 18 heavy (non-hydrogen) atoms. The number of hydrogen-bond donors (Lipinski definition) is 1. The van der Waals surface area contributed by atoms with Gasteiger partial charge in [0.2, 0.25) is 5.09 Å². The highest BCUT2D eigenvalue weighted by Gasteiger charge is 2.38. The molecule has 0 spiro atoms. The number of nitrogens with zero attached hydrogens (tertiary/aromatic N) is 1. The van der Waals surface area contributed by atoms with Crippen LogP contribution in [0.5, 0.6) is 0 Å². The van der Waals surface area contributed by atoms with Crippen molar-refractivity contribution in [1.82, 2.24) is 9.62 Å². The molecule has 0 radical (unpaired) electrons. The molecule has 0 amide bonds. The summed E-state index contributed by atoms with van der Waals surface area (Å²) in [6.07, 6.45) is 1.91. The molecule has 1 saturated carbocycles. The first-order valence-corrected chi connectivity index (χ1v) is 7.84. The third-order valence-electron chi connectivity index (χ3n) is 3.02. The second kappa shape index (κ2) is 5.42. The van der Waals surface area contributed by atoms with Crippen molar-refractivity contribution >= 4 is 10.0 Å². The van der Waals surface area contributed by atoms with Crippen molar-refractivity contribution in [2.75, 3.05) is 13.1 Å². The van der Waals surface area contributed by atoms with E-state index in [9.17, 15) is 8.42 Å². The van der Waals surface area contributed by atoms with Crippen LogP contribution in [0, 0.1) is 0 Å². The first kappa shape index (κ1) is 13.6. The molecule has 1 N–H and O–H groups in total. The van der Waals surface area contributed by atoms with E-state index >= 15 is 0 Å². The van der Waals surface area contributed by atoms with Crippen LogP contribution in [0.1, 0.15) is 32.4 Å². The Balaban J connectivity index is 2.15. The Morgan fingerprint density at radius 2 is 2.11 bits per heavy atom. The molecular weight excluding hydrogens is 252 g/mol. The number of rotatable bonds is 7. The lowest BCUT2D eigenvalue weighted by Gasteiger charge is -2.17. The summed E-state index contributed by atoms with van der Waals surface area (Å²) in [6.45, 7) is 5.73. The summed E-state index contributed by atoms with van der Waals surface area (Å²) in [6, 6.07) is 3.44. The summed E-state index contributed by atoms with van der Waals surface area (Å²) in [4.78, 5) is 0. The van der Waals surface area contributed by atoms with Gasteiger partial charge in [0, 0.05) is 12.6 Å². The number of hydrogen-bond acceptors (Lipinski definition) is 4. The minimum Gasteiger partial charge on any atom is -0.447 e. The third kappa shape index (κ3) is 2.76. The van der Waals surface area contributed by atoms with Gasteiger partial charge < -0.3 is 9.73 Å². The lowest BCUT2D eigenvalue weighted by molar-refractivity contribution is 0.366. The molecule has 0 bridgehead atoms. The van der Waals surface area contributed by atoms with E-state index in [0.29, 0.717) is 18.8 Å². The zero-order valence-corrected chi connectivity index (χ0v) is 11.7. The van der Waals surface area contributed by atoms with Crippen molar-refractivity contribution in [2.24, 2.45) is 0 Å². The van der Waals surface area contributed by atoms with Crippen LogP contribution in [0.15, 0.2) is 21.6 Å². The summed E-state index contributed by atoms with van der Waals surface area (Å²) < 4.78 is 31.6. The Hall–Kier alpha value is -0.850. The molecule has 102 valence electrons. The number of nitrogens with one attached hydrogen (secondary N) is 1. The number of furan rings is 1. The molecule has 0 aliphatic heterocycles. The minimum absolute atomic E-state index is 0.0594. The van der Waals surface area contributed by atoms with Crippen LogP contribution in [-0.2, 0) is 16.6 Å². The van der Waals surface area contributed by atoms with Crippen molar-refractivity contribution in [1.29, 1.82) is 0 Å². The van der Waals surface area contributed by atoms with Crippen LogP contribution < -0.4 is 5.32 Å². The standard InChI is InChI=1S/C12H20N2O3S/c1-3-13-9-11-7-8-12(17-11)18(15,16)14(4-2)10-5-6-10/h7-8,10,13H,3-6,9H2,1-2H3. The second-order valence-electron chi connectivity index (χ2n) is 4.44. The van der Waals surface area contributed by atoms with Crippen molar-refractivity contribution < 1.29 is 12.8 Å². The van der Waals surface area contributed by atoms with Crippen LogP contribution in [0.4, 0.5) is 0 Å². The zero-order chi connectivity index (χ0) is 13.2. The maximum atomic E-state index is 12.3. The first-order chi connectivity index (χ1) is 8.59. The van der Waals surface area contributed by atoms with E-state index in [-0.39, 0.29) is 11.1 Å². The zero-order valence-electron chi connectivity index (χ0n) is 10.8. The lowest BCUT2D eigenvalue weighted by Crippen LogP contribution is -2.32. The normalized spacial score (nSPS) is 16.4. The highest BCUT2D eigenvalue weighted by Crippen LogP contribution is 2.32. The monoisotopic (exact) mass is 272 g/mol. The summed E-state index contributed by atoms with van der Waals surface area (Å²) in [5, 5.41) is 3.16. The Kier molecular flexibility index (Phi) is 4.09. The first-order valence-electron chi connectivity index (χ1n) is 6.40. The van der Waals surface area contributed by atoms with E-state index in [4.69, 9.17) is 4.42 Å². The second-order valence-corrected chi connectivity index (χ2v) is 6.26. The van der Waals surface area contributed by atoms with Crippen LogP contribution in [0.2, 0.25) is 0 Å². The van der Waals surface area contributed by atoms with Gasteiger partial charge in [-0.2, -0.15) is 4.31 Å². The fourth-order valence-electron chi connectivity index (χ4n) is 1.94. The molecule has 1 aromatic rings. The molecule has 6 heteroatoms. The lowest BCUT2D eigenvalue weighted by atomic mass is 10.4. The molecule has 0 atom stereocenters. The van der Waals surface area contributed by atoms with Gasteiger partial charge in [0.25, 0.3) is 10.0 Å². The van der Waals surface area contributed by atoms with Gasteiger partial charge in [-0.25, -0.2) is 8.42 Å². The quantitative estimate of drug-likeness (QED) is 0.818. The van der Waals surface area contributed by atoms with E-state index in [1.807, 2.05) is 13.8 Å². The van der Waals surface area contributed by atoms with Crippen molar-refractivity contribution in [3.8, 4) is 0 Å². The Labute approximate surface area is 108 Å². The third-order valence-corrected chi connectivity index (χ3v) is 4.92. The van der Waals surface area contributed by atoms with Gasteiger partial charge in [0.1, 0.15) is 5.76 Å².